The summed E-state index contributed by atoms with van der Waals surface area (Å²) in [5.41, 5.74) is 3.16. The van der Waals surface area contributed by atoms with Crippen molar-refractivity contribution in [1.29, 1.82) is 5.26 Å². The molecule has 0 spiro atoms. The minimum absolute atomic E-state index is 0.439. The average molecular weight is 469 g/mol. The molecule has 0 N–H and O–H groups in total. The van der Waals surface area contributed by atoms with Gasteiger partial charge in [-0.25, -0.2) is 0 Å². The maximum atomic E-state index is 9.63. The predicted octanol–water partition coefficient (Wildman–Crippen LogP) is 7.14. The molecule has 3 nitrogen and oxygen atoms in total. The molecule has 0 aliphatic rings. The first-order chi connectivity index (χ1) is 14.1. The van der Waals surface area contributed by atoms with Crippen LogP contribution in [0.1, 0.15) is 23.6 Å². The average Bonchev–Trinajstić information content (AvgIpc) is 2.73. The van der Waals surface area contributed by atoms with Crippen molar-refractivity contribution in [2.24, 2.45) is 0 Å². The van der Waals surface area contributed by atoms with Gasteiger partial charge in [-0.2, -0.15) is 5.26 Å². The zero-order valence-corrected chi connectivity index (χ0v) is 18.2. The molecule has 3 rings (SSSR count). The van der Waals surface area contributed by atoms with Crippen LogP contribution in [0.5, 0.6) is 11.5 Å². The summed E-state index contributed by atoms with van der Waals surface area (Å²) in [7, 11) is 0. The molecule has 3 aromatic carbocycles. The van der Waals surface area contributed by atoms with E-state index in [-0.39, 0.29) is 0 Å². The molecule has 0 aliphatic carbocycles. The third-order valence-corrected chi connectivity index (χ3v) is 5.08. The van der Waals surface area contributed by atoms with Gasteiger partial charge >= 0.3 is 0 Å². The number of benzene rings is 3. The Balaban J connectivity index is 1.93. The molecule has 0 saturated heterocycles. The Morgan fingerprint density at radius 3 is 2.48 bits per heavy atom. The summed E-state index contributed by atoms with van der Waals surface area (Å²) in [5, 5.41) is 10.2. The van der Waals surface area contributed by atoms with Crippen LogP contribution >= 0.6 is 27.5 Å². The highest BCUT2D eigenvalue weighted by Gasteiger charge is 2.12. The second-order valence-electron chi connectivity index (χ2n) is 6.21. The van der Waals surface area contributed by atoms with E-state index in [4.69, 9.17) is 21.1 Å². The van der Waals surface area contributed by atoms with Crippen molar-refractivity contribution in [3.63, 3.8) is 0 Å². The van der Waals surface area contributed by atoms with Gasteiger partial charge < -0.3 is 9.47 Å². The van der Waals surface area contributed by atoms with Gasteiger partial charge in [0.2, 0.25) is 0 Å². The van der Waals surface area contributed by atoms with Gasteiger partial charge in [-0.05, 0) is 54.0 Å². The molecule has 0 aromatic heterocycles. The van der Waals surface area contributed by atoms with Gasteiger partial charge in [0.25, 0.3) is 0 Å². The van der Waals surface area contributed by atoms with Gasteiger partial charge in [-0.1, -0.05) is 70.0 Å². The van der Waals surface area contributed by atoms with E-state index in [1.165, 1.54) is 0 Å². The van der Waals surface area contributed by atoms with E-state index >= 15 is 0 Å². The summed E-state index contributed by atoms with van der Waals surface area (Å²) in [5.74, 6) is 1.27. The van der Waals surface area contributed by atoms with Crippen LogP contribution in [0.4, 0.5) is 0 Å². The van der Waals surface area contributed by atoms with E-state index in [0.717, 1.165) is 21.2 Å². The first-order valence-corrected chi connectivity index (χ1v) is 10.3. The Kier molecular flexibility index (Phi) is 7.35. The highest BCUT2D eigenvalue weighted by Crippen LogP contribution is 2.36. The number of hydrogen-bond donors (Lipinski definition) is 0. The number of nitrogens with zero attached hydrogens (tertiary/aromatic N) is 1. The van der Waals surface area contributed by atoms with Crippen molar-refractivity contribution < 1.29 is 9.47 Å². The molecule has 29 heavy (non-hydrogen) atoms. The van der Waals surface area contributed by atoms with Crippen molar-refractivity contribution in [1.82, 2.24) is 0 Å². The maximum Gasteiger partial charge on any atom is 0.162 e. The van der Waals surface area contributed by atoms with Crippen LogP contribution in [0.3, 0.4) is 0 Å². The molecular formula is C24H19BrClNO2. The quantitative estimate of drug-likeness (QED) is 0.273. The van der Waals surface area contributed by atoms with Crippen molar-refractivity contribution in [3.8, 4) is 17.6 Å². The molecule has 0 heterocycles. The third-order valence-electron chi connectivity index (χ3n) is 4.16. The SMILES string of the molecule is CCOc1cc(/C=C(\C#N)c2cccc(Cl)c2)c(Br)cc1OCc1ccccc1. The van der Waals surface area contributed by atoms with Gasteiger partial charge in [0.05, 0.1) is 18.2 Å². The lowest BCUT2D eigenvalue weighted by Crippen LogP contribution is -2.00. The smallest absolute Gasteiger partial charge is 0.162 e. The Hall–Kier alpha value is -2.74. The highest BCUT2D eigenvalue weighted by molar-refractivity contribution is 9.10. The number of hydrogen-bond acceptors (Lipinski definition) is 3. The van der Waals surface area contributed by atoms with Gasteiger partial charge in [0.1, 0.15) is 6.61 Å². The van der Waals surface area contributed by atoms with Crippen LogP contribution in [0.25, 0.3) is 11.6 Å². The van der Waals surface area contributed by atoms with Gasteiger partial charge in [0.15, 0.2) is 11.5 Å². The van der Waals surface area contributed by atoms with E-state index in [1.54, 1.807) is 18.2 Å². The van der Waals surface area contributed by atoms with Gasteiger partial charge in [-0.15, -0.1) is 0 Å². The minimum Gasteiger partial charge on any atom is -0.490 e. The van der Waals surface area contributed by atoms with E-state index in [0.29, 0.717) is 35.3 Å². The lowest BCUT2D eigenvalue weighted by molar-refractivity contribution is 0.269. The molecule has 0 saturated carbocycles. The summed E-state index contributed by atoms with van der Waals surface area (Å²) >= 11 is 9.66. The van der Waals surface area contributed by atoms with Crippen LogP contribution in [-0.4, -0.2) is 6.61 Å². The summed E-state index contributed by atoms with van der Waals surface area (Å²) < 4.78 is 12.6. The number of nitriles is 1. The van der Waals surface area contributed by atoms with Crippen LogP contribution < -0.4 is 9.47 Å². The Morgan fingerprint density at radius 2 is 1.79 bits per heavy atom. The number of ether oxygens (including phenoxy) is 2. The first kappa shape index (κ1) is 21.0. The fourth-order valence-electron chi connectivity index (χ4n) is 2.77. The summed E-state index contributed by atoms with van der Waals surface area (Å²) in [4.78, 5) is 0. The van der Waals surface area contributed by atoms with Crippen molar-refractivity contribution in [2.45, 2.75) is 13.5 Å². The van der Waals surface area contributed by atoms with E-state index < -0.39 is 0 Å². The molecule has 0 atom stereocenters. The zero-order chi connectivity index (χ0) is 20.6. The zero-order valence-electron chi connectivity index (χ0n) is 15.9. The molecule has 3 aromatic rings. The fraction of sp³-hybridized carbons (Fsp3) is 0.125. The Labute approximate surface area is 184 Å². The van der Waals surface area contributed by atoms with E-state index in [1.807, 2.05) is 61.5 Å². The molecule has 5 heteroatoms. The van der Waals surface area contributed by atoms with E-state index in [9.17, 15) is 5.26 Å². The molecule has 0 amide bonds. The second kappa shape index (κ2) is 10.2. The number of allylic oxidation sites excluding steroid dienone is 1. The fourth-order valence-corrected chi connectivity index (χ4v) is 3.40. The summed E-state index contributed by atoms with van der Waals surface area (Å²) in [6, 6.07) is 23.2. The standard InChI is InChI=1S/C24H19BrClNO2/c1-2-28-23-13-19(11-20(15-27)18-9-6-10-21(26)12-18)22(25)14-24(23)29-16-17-7-4-3-5-8-17/h3-14H,2,16H2,1H3/b20-11+. The summed E-state index contributed by atoms with van der Waals surface area (Å²) in [6.45, 7) is 2.87. The highest BCUT2D eigenvalue weighted by atomic mass is 79.9. The van der Waals surface area contributed by atoms with Gasteiger partial charge in [0, 0.05) is 9.50 Å². The lowest BCUT2D eigenvalue weighted by atomic mass is 10.0. The molecule has 0 unspecified atom stereocenters. The normalized spacial score (nSPS) is 11.0. The molecule has 0 radical (unpaired) electrons. The largest absolute Gasteiger partial charge is 0.490 e. The van der Waals surface area contributed by atoms with E-state index in [2.05, 4.69) is 22.0 Å². The third kappa shape index (κ3) is 5.63. The monoisotopic (exact) mass is 467 g/mol. The maximum absolute atomic E-state index is 9.63. The molecule has 0 aliphatic heterocycles. The predicted molar refractivity (Wildman–Crippen MR) is 121 cm³/mol. The molecule has 146 valence electrons. The minimum atomic E-state index is 0.439. The summed E-state index contributed by atoms with van der Waals surface area (Å²) in [6.07, 6.45) is 1.80. The topological polar surface area (TPSA) is 42.2 Å². The Morgan fingerprint density at radius 1 is 1.03 bits per heavy atom. The molecular weight excluding hydrogens is 450 g/mol. The van der Waals surface area contributed by atoms with Gasteiger partial charge in [-0.3, -0.25) is 0 Å². The van der Waals surface area contributed by atoms with Crippen LogP contribution in [0.15, 0.2) is 71.2 Å². The van der Waals surface area contributed by atoms with Crippen molar-refractivity contribution >= 4 is 39.2 Å². The van der Waals surface area contributed by atoms with Crippen molar-refractivity contribution in [2.75, 3.05) is 6.61 Å². The second-order valence-corrected chi connectivity index (χ2v) is 7.50. The lowest BCUT2D eigenvalue weighted by Gasteiger charge is -2.14. The first-order valence-electron chi connectivity index (χ1n) is 9.11. The number of halogens is 2. The van der Waals surface area contributed by atoms with Crippen LogP contribution in [0, 0.1) is 11.3 Å². The molecule has 0 fully saturated rings. The molecule has 0 bridgehead atoms. The number of rotatable bonds is 7. The van der Waals surface area contributed by atoms with Crippen molar-refractivity contribution in [3.05, 3.63) is 92.9 Å². The van der Waals surface area contributed by atoms with Crippen LogP contribution in [-0.2, 0) is 6.61 Å². The van der Waals surface area contributed by atoms with Crippen LogP contribution in [0.2, 0.25) is 5.02 Å². The Bertz CT molecular complexity index is 1060.